The minimum absolute atomic E-state index is 0.0669. The van der Waals surface area contributed by atoms with E-state index in [1.54, 1.807) is 55.5 Å². The fourth-order valence-corrected chi connectivity index (χ4v) is 3.77. The average molecular weight is 440 g/mol. The number of nitrogens with two attached hydrogens (primary N) is 1. The van der Waals surface area contributed by atoms with Gasteiger partial charge in [-0.25, -0.2) is 9.59 Å². The van der Waals surface area contributed by atoms with Crippen LogP contribution in [0.4, 0.5) is 0 Å². The molecule has 5 rings (SSSR count). The summed E-state index contributed by atoms with van der Waals surface area (Å²) in [5, 5.41) is 10.2. The van der Waals surface area contributed by atoms with Gasteiger partial charge >= 0.3 is 11.6 Å². The maximum atomic E-state index is 12.7. The van der Waals surface area contributed by atoms with Gasteiger partial charge in [-0.3, -0.25) is 0 Å². The normalized spacial score (nSPS) is 15.0. The number of rotatable bonds is 3. The van der Waals surface area contributed by atoms with Gasteiger partial charge in [-0.1, -0.05) is 24.3 Å². The van der Waals surface area contributed by atoms with Gasteiger partial charge in [0.05, 0.1) is 5.92 Å². The number of hydrogen-bond acceptors (Lipinski definition) is 8. The summed E-state index contributed by atoms with van der Waals surface area (Å²) < 4.78 is 22.0. The molecule has 2 aromatic heterocycles. The maximum Gasteiger partial charge on any atom is 0.351 e. The number of allylic oxidation sites excluding steroid dienone is 1. The first kappa shape index (κ1) is 20.2. The molecule has 8 nitrogen and oxygen atoms in total. The lowest BCUT2D eigenvalue weighted by molar-refractivity contribution is 0.0730. The predicted octanol–water partition coefficient (Wildman–Crippen LogP) is 4.13. The molecule has 2 aromatic carbocycles. The number of furan rings is 1. The second-order valence-corrected chi connectivity index (χ2v) is 7.45. The topological polar surface area (TPSA) is 129 Å². The Kier molecular flexibility index (Phi) is 4.72. The number of para-hydroxylation sites is 1. The first-order valence-corrected chi connectivity index (χ1v) is 9.97. The number of nitriles is 1. The molecule has 0 bridgehead atoms. The third-order valence-corrected chi connectivity index (χ3v) is 5.31. The van der Waals surface area contributed by atoms with E-state index in [4.69, 9.17) is 24.0 Å². The highest BCUT2D eigenvalue weighted by atomic mass is 16.5. The molecule has 1 aliphatic rings. The van der Waals surface area contributed by atoms with Gasteiger partial charge in [-0.15, -0.1) is 0 Å². The molecule has 0 amide bonds. The quantitative estimate of drug-likeness (QED) is 0.286. The molecule has 0 saturated carbocycles. The minimum Gasteiger partial charge on any atom is -0.465 e. The standard InChI is InChI=1S/C25H16N2O6/c1-13-6-9-20(30-13)22-16-8-7-15(11-21(16)32-23(27)18(22)12-26)31-24(28)17-10-14-4-2-3-5-19(14)33-25(17)29/h2-11,22H,27H2,1H3. The summed E-state index contributed by atoms with van der Waals surface area (Å²) in [5.41, 5.74) is 6.17. The van der Waals surface area contributed by atoms with Crippen LogP contribution in [0, 0.1) is 18.3 Å². The zero-order valence-electron chi connectivity index (χ0n) is 17.3. The second-order valence-electron chi connectivity index (χ2n) is 7.45. The van der Waals surface area contributed by atoms with Crippen LogP contribution >= 0.6 is 0 Å². The van der Waals surface area contributed by atoms with Crippen molar-refractivity contribution in [1.29, 1.82) is 5.26 Å². The van der Waals surface area contributed by atoms with E-state index in [0.717, 1.165) is 0 Å². The van der Waals surface area contributed by atoms with E-state index in [0.29, 0.717) is 33.8 Å². The summed E-state index contributed by atoms with van der Waals surface area (Å²) in [7, 11) is 0. The van der Waals surface area contributed by atoms with Gasteiger partial charge in [0.1, 0.15) is 45.8 Å². The van der Waals surface area contributed by atoms with E-state index in [-0.39, 0.29) is 22.8 Å². The number of carbonyl (C=O) groups is 1. The van der Waals surface area contributed by atoms with Crippen molar-refractivity contribution in [3.05, 3.63) is 105 Å². The van der Waals surface area contributed by atoms with Crippen LogP contribution in [0.25, 0.3) is 11.0 Å². The largest absolute Gasteiger partial charge is 0.465 e. The molecule has 4 aromatic rings. The molecule has 0 aliphatic carbocycles. The lowest BCUT2D eigenvalue weighted by Crippen LogP contribution is -2.21. The second kappa shape index (κ2) is 7.73. The Labute approximate surface area is 187 Å². The molecule has 8 heteroatoms. The molecular formula is C25H16N2O6. The smallest absolute Gasteiger partial charge is 0.351 e. The van der Waals surface area contributed by atoms with Gasteiger partial charge in [-0.05, 0) is 37.3 Å². The highest BCUT2D eigenvalue weighted by Crippen LogP contribution is 2.43. The van der Waals surface area contributed by atoms with Gasteiger partial charge in [0.2, 0.25) is 5.88 Å². The SMILES string of the molecule is Cc1ccc(C2C(C#N)=C(N)Oc3cc(OC(=O)c4cc5ccccc5oc4=O)ccc32)o1. The minimum atomic E-state index is -0.871. The Morgan fingerprint density at radius 3 is 2.67 bits per heavy atom. The zero-order valence-corrected chi connectivity index (χ0v) is 17.3. The number of esters is 1. The van der Waals surface area contributed by atoms with Crippen molar-refractivity contribution < 1.29 is 23.1 Å². The van der Waals surface area contributed by atoms with Crippen LogP contribution in [0.3, 0.4) is 0 Å². The van der Waals surface area contributed by atoms with Gasteiger partial charge in [-0.2, -0.15) is 5.26 Å². The molecule has 33 heavy (non-hydrogen) atoms. The fourth-order valence-electron chi connectivity index (χ4n) is 3.77. The van der Waals surface area contributed by atoms with Crippen molar-refractivity contribution >= 4 is 16.9 Å². The highest BCUT2D eigenvalue weighted by Gasteiger charge is 2.33. The predicted molar refractivity (Wildman–Crippen MR) is 117 cm³/mol. The van der Waals surface area contributed by atoms with Crippen molar-refractivity contribution in [2.24, 2.45) is 5.73 Å². The molecule has 162 valence electrons. The number of fused-ring (bicyclic) bond motifs is 2. The Bertz CT molecular complexity index is 1550. The lowest BCUT2D eigenvalue weighted by atomic mass is 9.87. The van der Waals surface area contributed by atoms with E-state index in [1.807, 2.05) is 0 Å². The van der Waals surface area contributed by atoms with E-state index in [2.05, 4.69) is 6.07 Å². The monoisotopic (exact) mass is 440 g/mol. The summed E-state index contributed by atoms with van der Waals surface area (Å²) in [4.78, 5) is 24.9. The van der Waals surface area contributed by atoms with E-state index in [1.165, 1.54) is 12.1 Å². The average Bonchev–Trinajstić information content (AvgIpc) is 3.23. The summed E-state index contributed by atoms with van der Waals surface area (Å²) in [5.74, 6) is 0.163. The number of ether oxygens (including phenoxy) is 2. The molecule has 1 aliphatic heterocycles. The summed E-state index contributed by atoms with van der Waals surface area (Å²) in [6.07, 6.45) is 0. The van der Waals surface area contributed by atoms with E-state index >= 15 is 0 Å². The van der Waals surface area contributed by atoms with Crippen LogP contribution in [0.2, 0.25) is 0 Å². The number of aryl methyl sites for hydroxylation is 1. The Morgan fingerprint density at radius 1 is 1.09 bits per heavy atom. The third kappa shape index (κ3) is 3.51. The van der Waals surface area contributed by atoms with Crippen LogP contribution in [0.5, 0.6) is 11.5 Å². The van der Waals surface area contributed by atoms with Crippen molar-refractivity contribution in [2.45, 2.75) is 12.8 Å². The number of benzene rings is 2. The fraction of sp³-hybridized carbons (Fsp3) is 0.0800. The maximum absolute atomic E-state index is 12.7. The van der Waals surface area contributed by atoms with Crippen LogP contribution < -0.4 is 20.8 Å². The summed E-state index contributed by atoms with van der Waals surface area (Å²) in [6, 6.07) is 18.6. The van der Waals surface area contributed by atoms with Crippen molar-refractivity contribution in [3.63, 3.8) is 0 Å². The van der Waals surface area contributed by atoms with Crippen molar-refractivity contribution in [2.75, 3.05) is 0 Å². The number of hydrogen-bond donors (Lipinski definition) is 1. The van der Waals surface area contributed by atoms with Crippen LogP contribution in [0.1, 0.15) is 33.4 Å². The molecule has 3 heterocycles. The van der Waals surface area contributed by atoms with Crippen LogP contribution in [0.15, 0.2) is 85.7 Å². The van der Waals surface area contributed by atoms with Crippen LogP contribution in [-0.2, 0) is 0 Å². The summed E-state index contributed by atoms with van der Waals surface area (Å²) in [6.45, 7) is 1.80. The van der Waals surface area contributed by atoms with Crippen LogP contribution in [-0.4, -0.2) is 5.97 Å². The van der Waals surface area contributed by atoms with Gasteiger partial charge in [0.15, 0.2) is 0 Å². The van der Waals surface area contributed by atoms with Crippen molar-refractivity contribution in [3.8, 4) is 17.6 Å². The zero-order chi connectivity index (χ0) is 23.1. The van der Waals surface area contributed by atoms with Crippen molar-refractivity contribution in [1.82, 2.24) is 0 Å². The molecule has 0 spiro atoms. The van der Waals surface area contributed by atoms with E-state index < -0.39 is 17.5 Å². The number of nitrogens with zero attached hydrogens (tertiary/aromatic N) is 1. The third-order valence-electron chi connectivity index (χ3n) is 5.31. The molecular weight excluding hydrogens is 424 g/mol. The van der Waals surface area contributed by atoms with Gasteiger partial charge in [0, 0.05) is 17.0 Å². The Balaban J connectivity index is 1.49. The molecule has 2 N–H and O–H groups in total. The summed E-state index contributed by atoms with van der Waals surface area (Å²) >= 11 is 0. The molecule has 1 atom stereocenters. The molecule has 1 unspecified atom stereocenters. The van der Waals surface area contributed by atoms with Gasteiger partial charge < -0.3 is 24.0 Å². The Morgan fingerprint density at radius 2 is 1.91 bits per heavy atom. The van der Waals surface area contributed by atoms with E-state index in [9.17, 15) is 14.9 Å². The molecule has 0 fully saturated rings. The van der Waals surface area contributed by atoms with Gasteiger partial charge in [0.25, 0.3) is 0 Å². The first-order valence-electron chi connectivity index (χ1n) is 9.97. The number of carbonyl (C=O) groups excluding carboxylic acids is 1. The lowest BCUT2D eigenvalue weighted by Gasteiger charge is -2.25. The Hall–Kier alpha value is -4.77. The molecule has 0 radical (unpaired) electrons. The first-order chi connectivity index (χ1) is 15.9. The molecule has 0 saturated heterocycles. The highest BCUT2D eigenvalue weighted by molar-refractivity contribution is 5.94.